The molecule has 2 aromatic carbocycles. The van der Waals surface area contributed by atoms with Gasteiger partial charge in [0, 0.05) is 26.4 Å². The van der Waals surface area contributed by atoms with E-state index in [0.717, 1.165) is 21.6 Å². The summed E-state index contributed by atoms with van der Waals surface area (Å²) in [6.07, 6.45) is 1.72. The van der Waals surface area contributed by atoms with Crippen molar-refractivity contribution in [3.63, 3.8) is 0 Å². The van der Waals surface area contributed by atoms with E-state index in [9.17, 15) is 4.79 Å². The fourth-order valence-corrected chi connectivity index (χ4v) is 5.72. The third kappa shape index (κ3) is 4.99. The van der Waals surface area contributed by atoms with Crippen molar-refractivity contribution in [2.24, 2.45) is 0 Å². The summed E-state index contributed by atoms with van der Waals surface area (Å²) in [7, 11) is 1.57. The van der Waals surface area contributed by atoms with Gasteiger partial charge in [-0.25, -0.2) is 4.98 Å². The Labute approximate surface area is 219 Å². The molecule has 1 N–H and O–H groups in total. The number of aromatic amines is 1. The Bertz CT molecular complexity index is 1590. The van der Waals surface area contributed by atoms with Gasteiger partial charge in [-0.05, 0) is 41.3 Å². The summed E-state index contributed by atoms with van der Waals surface area (Å²) in [5.74, 6) is 1.43. The number of hydrogen-bond acceptors (Lipinski definition) is 6. The van der Waals surface area contributed by atoms with Crippen LogP contribution >= 0.6 is 45.9 Å². The van der Waals surface area contributed by atoms with E-state index in [2.05, 4.69) is 9.97 Å². The highest BCUT2D eigenvalue weighted by atomic mass is 35.5. The van der Waals surface area contributed by atoms with Gasteiger partial charge in [-0.2, -0.15) is 0 Å². The van der Waals surface area contributed by atoms with E-state index >= 15 is 0 Å². The molecule has 0 amide bonds. The normalized spacial score (nSPS) is 11.7. The van der Waals surface area contributed by atoms with Crippen LogP contribution in [0.5, 0.6) is 11.5 Å². The molecule has 0 bridgehead atoms. The summed E-state index contributed by atoms with van der Waals surface area (Å²) in [4.78, 5) is 22.0. The number of rotatable bonds is 7. The highest BCUT2D eigenvalue weighted by Gasteiger charge is 2.15. The molecule has 9 heteroatoms. The number of methoxy groups -OCH3 is 1. The summed E-state index contributed by atoms with van der Waals surface area (Å²) in [6, 6.07) is 16.9. The maximum absolute atomic E-state index is 12.9. The van der Waals surface area contributed by atoms with E-state index in [1.165, 1.54) is 11.3 Å². The van der Waals surface area contributed by atoms with Crippen molar-refractivity contribution in [3.8, 4) is 21.9 Å². The van der Waals surface area contributed by atoms with Crippen LogP contribution in [-0.4, -0.2) is 17.1 Å². The third-order valence-corrected chi connectivity index (χ3v) is 7.71. The van der Waals surface area contributed by atoms with Crippen LogP contribution in [0.15, 0.2) is 70.2 Å². The number of benzene rings is 2. The quantitative estimate of drug-likeness (QED) is 0.229. The zero-order valence-corrected chi connectivity index (χ0v) is 21.5. The monoisotopic (exact) mass is 540 g/mol. The van der Waals surface area contributed by atoms with Gasteiger partial charge in [-0.1, -0.05) is 53.5 Å². The minimum atomic E-state index is -0.220. The van der Waals surface area contributed by atoms with Gasteiger partial charge < -0.3 is 14.5 Å². The van der Waals surface area contributed by atoms with Gasteiger partial charge in [-0.3, -0.25) is 4.79 Å². The molecule has 0 aliphatic carbocycles. The molecule has 0 fully saturated rings. The minimum absolute atomic E-state index is 0.220. The molecule has 176 valence electrons. The van der Waals surface area contributed by atoms with Gasteiger partial charge in [-0.15, -0.1) is 22.7 Å². The second-order valence-corrected chi connectivity index (χ2v) is 10.1. The third-order valence-electron chi connectivity index (χ3n) is 5.28. The first-order valence-corrected chi connectivity index (χ1v) is 13.0. The molecule has 0 spiro atoms. The van der Waals surface area contributed by atoms with Crippen LogP contribution in [0.3, 0.4) is 0 Å². The van der Waals surface area contributed by atoms with Gasteiger partial charge in [0.1, 0.15) is 11.4 Å². The standard InChI is InChI=1S/C26H18Cl2N2O3S2/c1-32-21-12-15(8-9-20(21)33-13-16-5-2-3-6-18(16)27)11-19(28)24-29-25(31)23-17(14-35-26(23)30-24)22-7-4-10-34-22/h2-12,14H,13H2,1H3,(H,29,30,31). The van der Waals surface area contributed by atoms with E-state index in [1.54, 1.807) is 36.7 Å². The first-order valence-electron chi connectivity index (χ1n) is 10.5. The number of aromatic nitrogens is 2. The van der Waals surface area contributed by atoms with Crippen molar-refractivity contribution in [1.29, 1.82) is 0 Å². The predicted octanol–water partition coefficient (Wildman–Crippen LogP) is 7.69. The van der Waals surface area contributed by atoms with E-state index in [1.807, 2.05) is 53.2 Å². The number of nitrogens with zero attached hydrogens (tertiary/aromatic N) is 1. The lowest BCUT2D eigenvalue weighted by Crippen LogP contribution is -2.10. The molecule has 0 unspecified atom stereocenters. The van der Waals surface area contributed by atoms with E-state index in [0.29, 0.717) is 44.2 Å². The molecule has 0 aliphatic heterocycles. The number of thiophene rings is 2. The molecule has 0 atom stereocenters. The maximum atomic E-state index is 12.9. The van der Waals surface area contributed by atoms with Crippen LogP contribution < -0.4 is 15.0 Å². The van der Waals surface area contributed by atoms with Crippen molar-refractivity contribution in [1.82, 2.24) is 9.97 Å². The number of H-pyrrole nitrogens is 1. The number of halogens is 2. The Morgan fingerprint density at radius 3 is 2.74 bits per heavy atom. The molecule has 0 saturated carbocycles. The van der Waals surface area contributed by atoms with E-state index < -0.39 is 0 Å². The number of hydrogen-bond donors (Lipinski definition) is 1. The fourth-order valence-electron chi connectivity index (χ4n) is 3.55. The van der Waals surface area contributed by atoms with Crippen LogP contribution in [0.1, 0.15) is 17.0 Å². The Hall–Kier alpha value is -3.10. The summed E-state index contributed by atoms with van der Waals surface area (Å²) < 4.78 is 11.4. The Morgan fingerprint density at radius 2 is 1.97 bits per heavy atom. The Morgan fingerprint density at radius 1 is 1.11 bits per heavy atom. The molecule has 3 aromatic heterocycles. The smallest absolute Gasteiger partial charge is 0.260 e. The Kier molecular flexibility index (Phi) is 6.92. The van der Waals surface area contributed by atoms with E-state index in [4.69, 9.17) is 32.7 Å². The fraction of sp³-hybridized carbons (Fsp3) is 0.0769. The molecule has 5 nitrogen and oxygen atoms in total. The zero-order valence-electron chi connectivity index (χ0n) is 18.4. The lowest BCUT2D eigenvalue weighted by atomic mass is 10.1. The van der Waals surface area contributed by atoms with Gasteiger partial charge in [0.2, 0.25) is 0 Å². The van der Waals surface area contributed by atoms with Crippen LogP contribution in [0, 0.1) is 0 Å². The van der Waals surface area contributed by atoms with Crippen LogP contribution in [-0.2, 0) is 6.61 Å². The first-order chi connectivity index (χ1) is 17.0. The summed E-state index contributed by atoms with van der Waals surface area (Å²) in [6.45, 7) is 0.311. The van der Waals surface area contributed by atoms with Gasteiger partial charge >= 0.3 is 0 Å². The molecule has 0 aliphatic rings. The van der Waals surface area contributed by atoms with Crippen molar-refractivity contribution in [2.75, 3.05) is 7.11 Å². The molecule has 0 radical (unpaired) electrons. The van der Waals surface area contributed by atoms with Gasteiger partial charge in [0.15, 0.2) is 17.3 Å². The number of nitrogens with one attached hydrogen (secondary N) is 1. The average molecular weight is 541 g/mol. The zero-order chi connectivity index (χ0) is 24.4. The van der Waals surface area contributed by atoms with Crippen molar-refractivity contribution in [3.05, 3.63) is 97.7 Å². The Balaban J connectivity index is 1.41. The van der Waals surface area contributed by atoms with Crippen molar-refractivity contribution in [2.45, 2.75) is 6.61 Å². The first kappa shape index (κ1) is 23.6. The SMILES string of the molecule is COc1cc(C=C(Cl)c2nc3scc(-c4cccs4)c3c(=O)[nH]2)ccc1OCc1ccccc1Cl. The molecular weight excluding hydrogens is 523 g/mol. The van der Waals surface area contributed by atoms with E-state index in [-0.39, 0.29) is 5.56 Å². The lowest BCUT2D eigenvalue weighted by Gasteiger charge is -2.12. The van der Waals surface area contributed by atoms with Crippen LogP contribution in [0.2, 0.25) is 5.02 Å². The number of ether oxygens (including phenoxy) is 2. The molecular formula is C26H18Cl2N2O3S2. The lowest BCUT2D eigenvalue weighted by molar-refractivity contribution is 0.284. The predicted molar refractivity (Wildman–Crippen MR) is 146 cm³/mol. The van der Waals surface area contributed by atoms with Crippen LogP contribution in [0.4, 0.5) is 0 Å². The number of fused-ring (bicyclic) bond motifs is 1. The maximum Gasteiger partial charge on any atom is 0.260 e. The summed E-state index contributed by atoms with van der Waals surface area (Å²) >= 11 is 15.8. The largest absolute Gasteiger partial charge is 0.493 e. The second-order valence-electron chi connectivity index (χ2n) is 7.50. The minimum Gasteiger partial charge on any atom is -0.493 e. The molecule has 0 saturated heterocycles. The van der Waals surface area contributed by atoms with Crippen molar-refractivity contribution >= 4 is 67.2 Å². The van der Waals surface area contributed by atoms with Crippen LogP contribution in [0.25, 0.3) is 31.8 Å². The highest BCUT2D eigenvalue weighted by Crippen LogP contribution is 2.35. The summed E-state index contributed by atoms with van der Waals surface area (Å²) in [5.41, 5.74) is 2.31. The highest BCUT2D eigenvalue weighted by molar-refractivity contribution is 7.18. The molecule has 5 rings (SSSR count). The molecule has 3 heterocycles. The van der Waals surface area contributed by atoms with Gasteiger partial charge in [0.25, 0.3) is 5.56 Å². The summed E-state index contributed by atoms with van der Waals surface area (Å²) in [5, 5.41) is 5.46. The average Bonchev–Trinajstić information content (AvgIpc) is 3.54. The molecule has 35 heavy (non-hydrogen) atoms. The van der Waals surface area contributed by atoms with Gasteiger partial charge in [0.05, 0.1) is 17.5 Å². The second kappa shape index (κ2) is 10.3. The molecule has 5 aromatic rings. The van der Waals surface area contributed by atoms with Crippen molar-refractivity contribution < 1.29 is 9.47 Å². The topological polar surface area (TPSA) is 64.2 Å².